The molecule has 6 heteroatoms. The molecule has 0 aromatic heterocycles. The van der Waals surface area contributed by atoms with Crippen LogP contribution in [0.5, 0.6) is 5.75 Å². The third-order valence-electron chi connectivity index (χ3n) is 4.34. The van der Waals surface area contributed by atoms with Crippen LogP contribution in [0.2, 0.25) is 0 Å². The molecule has 0 bridgehead atoms. The number of hydrogen-bond donors (Lipinski definition) is 1. The smallest absolute Gasteiger partial charge is 0.244 e. The first-order valence-electron chi connectivity index (χ1n) is 8.12. The molecule has 136 valence electrons. The van der Waals surface area contributed by atoms with Gasteiger partial charge in [0.25, 0.3) is 0 Å². The number of nitrogens with zero attached hydrogens (tertiary/aromatic N) is 1. The van der Waals surface area contributed by atoms with Gasteiger partial charge in [0.2, 0.25) is 10.0 Å². The monoisotopic (exact) mass is 362 g/mol. The number of rotatable bonds is 7. The molecule has 0 aliphatic rings. The minimum atomic E-state index is -3.68. The first kappa shape index (κ1) is 19.4. The average Bonchev–Trinajstić information content (AvgIpc) is 2.57. The van der Waals surface area contributed by atoms with Crippen LogP contribution in [0, 0.1) is 13.8 Å². The number of likely N-dealkylation sites (N-methyl/N-ethyl adjacent to an activating group) is 1. The molecule has 1 atom stereocenters. The number of ether oxygens (including phenoxy) is 1. The summed E-state index contributed by atoms with van der Waals surface area (Å²) in [5.74, 6) is 0.358. The fraction of sp³-hybridized carbons (Fsp3) is 0.368. The van der Waals surface area contributed by atoms with Gasteiger partial charge in [-0.1, -0.05) is 30.3 Å². The van der Waals surface area contributed by atoms with Gasteiger partial charge in [-0.2, -0.15) is 0 Å². The molecule has 2 aromatic carbocycles. The lowest BCUT2D eigenvalue weighted by molar-refractivity contribution is 0.299. The van der Waals surface area contributed by atoms with Crippen LogP contribution in [0.15, 0.2) is 47.4 Å². The van der Waals surface area contributed by atoms with Crippen LogP contribution in [0.4, 0.5) is 0 Å². The quantitative estimate of drug-likeness (QED) is 0.823. The molecule has 0 heterocycles. The SMILES string of the molecule is COc1cc(C)c(C)cc1S(=O)(=O)NCC(c1ccccc1)N(C)C. The molecule has 0 fully saturated rings. The maximum atomic E-state index is 12.8. The van der Waals surface area contributed by atoms with E-state index in [0.29, 0.717) is 5.75 Å². The second-order valence-electron chi connectivity index (χ2n) is 6.33. The van der Waals surface area contributed by atoms with Crippen molar-refractivity contribution in [3.63, 3.8) is 0 Å². The Bertz CT molecular complexity index is 818. The van der Waals surface area contributed by atoms with Gasteiger partial charge in [-0.3, -0.25) is 0 Å². The summed E-state index contributed by atoms with van der Waals surface area (Å²) in [4.78, 5) is 2.17. The normalized spacial score (nSPS) is 13.0. The van der Waals surface area contributed by atoms with Gasteiger partial charge in [0.05, 0.1) is 7.11 Å². The predicted molar refractivity (Wildman–Crippen MR) is 101 cm³/mol. The number of benzene rings is 2. The molecule has 0 saturated carbocycles. The molecule has 0 radical (unpaired) electrons. The van der Waals surface area contributed by atoms with Gasteiger partial charge < -0.3 is 9.64 Å². The molecule has 0 spiro atoms. The second kappa shape index (κ2) is 7.99. The summed E-state index contributed by atoms with van der Waals surface area (Å²) in [6, 6.07) is 13.2. The van der Waals surface area contributed by atoms with Gasteiger partial charge in [-0.25, -0.2) is 13.1 Å². The Balaban J connectivity index is 2.28. The number of aryl methyl sites for hydroxylation is 2. The Hall–Kier alpha value is -1.89. The Kier molecular flexibility index (Phi) is 6.21. The van der Waals surface area contributed by atoms with Crippen molar-refractivity contribution in [1.29, 1.82) is 0 Å². The lowest BCUT2D eigenvalue weighted by atomic mass is 10.1. The Morgan fingerprint density at radius 1 is 1.08 bits per heavy atom. The van der Waals surface area contributed by atoms with Crippen molar-refractivity contribution < 1.29 is 13.2 Å². The maximum Gasteiger partial charge on any atom is 0.244 e. The molecule has 5 nitrogen and oxygen atoms in total. The van der Waals surface area contributed by atoms with Crippen LogP contribution in [-0.4, -0.2) is 41.1 Å². The molecule has 0 aliphatic heterocycles. The van der Waals surface area contributed by atoms with Crippen molar-refractivity contribution in [2.24, 2.45) is 0 Å². The van der Waals surface area contributed by atoms with E-state index in [-0.39, 0.29) is 17.5 Å². The van der Waals surface area contributed by atoms with E-state index in [2.05, 4.69) is 4.72 Å². The van der Waals surface area contributed by atoms with Gasteiger partial charge in [0.1, 0.15) is 10.6 Å². The third kappa shape index (κ3) is 4.60. The number of sulfonamides is 1. The molecule has 25 heavy (non-hydrogen) atoms. The van der Waals surface area contributed by atoms with Gasteiger partial charge >= 0.3 is 0 Å². The molecule has 2 rings (SSSR count). The second-order valence-corrected chi connectivity index (χ2v) is 8.06. The van der Waals surface area contributed by atoms with Crippen LogP contribution in [0.3, 0.4) is 0 Å². The molecular formula is C19H26N2O3S. The molecule has 0 aliphatic carbocycles. The molecule has 0 amide bonds. The summed E-state index contributed by atoms with van der Waals surface area (Å²) >= 11 is 0. The molecular weight excluding hydrogens is 336 g/mol. The van der Waals surface area contributed by atoms with Crippen molar-refractivity contribution in [2.75, 3.05) is 27.7 Å². The summed E-state index contributed by atoms with van der Waals surface area (Å²) < 4.78 is 33.7. The number of nitrogens with one attached hydrogen (secondary N) is 1. The number of methoxy groups -OCH3 is 1. The fourth-order valence-corrected chi connectivity index (χ4v) is 3.94. The van der Waals surface area contributed by atoms with E-state index in [0.717, 1.165) is 16.7 Å². The van der Waals surface area contributed by atoms with Crippen molar-refractivity contribution in [1.82, 2.24) is 9.62 Å². The lowest BCUT2D eigenvalue weighted by Gasteiger charge is -2.25. The topological polar surface area (TPSA) is 58.6 Å². The highest BCUT2D eigenvalue weighted by molar-refractivity contribution is 7.89. The summed E-state index contributed by atoms with van der Waals surface area (Å²) in [5, 5.41) is 0. The van der Waals surface area contributed by atoms with E-state index in [1.54, 1.807) is 12.1 Å². The van der Waals surface area contributed by atoms with E-state index in [1.807, 2.05) is 63.2 Å². The van der Waals surface area contributed by atoms with Crippen LogP contribution in [-0.2, 0) is 10.0 Å². The molecule has 0 saturated heterocycles. The standard InChI is InChI=1S/C19H26N2O3S/c1-14-11-18(24-5)19(12-15(14)2)25(22,23)20-13-17(21(3)4)16-9-7-6-8-10-16/h6-12,17,20H,13H2,1-5H3. The van der Waals surface area contributed by atoms with Crippen LogP contribution < -0.4 is 9.46 Å². The highest BCUT2D eigenvalue weighted by Crippen LogP contribution is 2.27. The van der Waals surface area contributed by atoms with Crippen LogP contribution in [0.25, 0.3) is 0 Å². The zero-order valence-electron chi connectivity index (χ0n) is 15.4. The summed E-state index contributed by atoms with van der Waals surface area (Å²) in [7, 11) is 1.67. The van der Waals surface area contributed by atoms with Crippen molar-refractivity contribution >= 4 is 10.0 Å². The van der Waals surface area contributed by atoms with E-state index < -0.39 is 10.0 Å². The van der Waals surface area contributed by atoms with Gasteiger partial charge in [-0.15, -0.1) is 0 Å². The predicted octanol–water partition coefficient (Wildman–Crippen LogP) is 2.89. The summed E-state index contributed by atoms with van der Waals surface area (Å²) in [5.41, 5.74) is 2.96. The Morgan fingerprint density at radius 2 is 1.68 bits per heavy atom. The zero-order chi connectivity index (χ0) is 18.6. The van der Waals surface area contributed by atoms with Crippen LogP contribution >= 0.6 is 0 Å². The van der Waals surface area contributed by atoms with Crippen LogP contribution in [0.1, 0.15) is 22.7 Å². The van der Waals surface area contributed by atoms with Crippen molar-refractivity contribution in [3.05, 3.63) is 59.2 Å². The van der Waals surface area contributed by atoms with E-state index >= 15 is 0 Å². The lowest BCUT2D eigenvalue weighted by Crippen LogP contribution is -2.34. The van der Waals surface area contributed by atoms with E-state index in [9.17, 15) is 8.42 Å². The highest BCUT2D eigenvalue weighted by Gasteiger charge is 2.23. The van der Waals surface area contributed by atoms with E-state index in [4.69, 9.17) is 4.74 Å². The van der Waals surface area contributed by atoms with Crippen molar-refractivity contribution in [2.45, 2.75) is 24.8 Å². The summed E-state index contributed by atoms with van der Waals surface area (Å²) in [6.07, 6.45) is 0. The highest BCUT2D eigenvalue weighted by atomic mass is 32.2. The molecule has 1 N–H and O–H groups in total. The minimum absolute atomic E-state index is 0.0616. The average molecular weight is 362 g/mol. The minimum Gasteiger partial charge on any atom is -0.495 e. The Labute approximate surface area is 150 Å². The van der Waals surface area contributed by atoms with Gasteiger partial charge in [0, 0.05) is 12.6 Å². The fourth-order valence-electron chi connectivity index (χ4n) is 2.67. The largest absolute Gasteiger partial charge is 0.495 e. The third-order valence-corrected chi connectivity index (χ3v) is 5.79. The zero-order valence-corrected chi connectivity index (χ0v) is 16.2. The maximum absolute atomic E-state index is 12.8. The molecule has 2 aromatic rings. The van der Waals surface area contributed by atoms with Crippen molar-refractivity contribution in [3.8, 4) is 5.75 Å². The van der Waals surface area contributed by atoms with Gasteiger partial charge in [0.15, 0.2) is 0 Å². The Morgan fingerprint density at radius 3 is 2.24 bits per heavy atom. The van der Waals surface area contributed by atoms with Gasteiger partial charge in [-0.05, 0) is 56.8 Å². The summed E-state index contributed by atoms with van der Waals surface area (Å²) in [6.45, 7) is 4.09. The first-order valence-corrected chi connectivity index (χ1v) is 9.61. The van der Waals surface area contributed by atoms with E-state index in [1.165, 1.54) is 7.11 Å². The number of hydrogen-bond acceptors (Lipinski definition) is 4. The molecule has 1 unspecified atom stereocenters. The first-order chi connectivity index (χ1) is 11.8.